The third-order valence-corrected chi connectivity index (χ3v) is 5.08. The Hall–Kier alpha value is -2.63. The van der Waals surface area contributed by atoms with Crippen LogP contribution in [0.2, 0.25) is 0 Å². The van der Waals surface area contributed by atoms with Crippen molar-refractivity contribution in [3.05, 3.63) is 72.2 Å². The summed E-state index contributed by atoms with van der Waals surface area (Å²) in [7, 11) is 0. The predicted octanol–water partition coefficient (Wildman–Crippen LogP) is 3.17. The Bertz CT molecular complexity index is 880. The molecule has 1 fully saturated rings. The quantitative estimate of drug-likeness (QED) is 0.730. The van der Waals surface area contributed by atoms with Gasteiger partial charge >= 0.3 is 0 Å². The molecule has 27 heavy (non-hydrogen) atoms. The van der Waals surface area contributed by atoms with Gasteiger partial charge in [-0.3, -0.25) is 9.69 Å². The lowest BCUT2D eigenvalue weighted by Gasteiger charge is -2.33. The molecule has 3 aromatic rings. The smallest absolute Gasteiger partial charge is 0.224 e. The number of carbonyl (C=O) groups is 1. The molecule has 1 saturated heterocycles. The first-order chi connectivity index (χ1) is 13.3. The molecule has 5 nitrogen and oxygen atoms in total. The van der Waals surface area contributed by atoms with Gasteiger partial charge in [0.25, 0.3) is 0 Å². The molecule has 5 heteroatoms. The minimum atomic E-state index is 0.0242. The van der Waals surface area contributed by atoms with E-state index in [0.717, 1.165) is 35.2 Å². The molecule has 2 heterocycles. The van der Waals surface area contributed by atoms with E-state index in [-0.39, 0.29) is 11.9 Å². The molecule has 1 aliphatic heterocycles. The predicted molar refractivity (Wildman–Crippen MR) is 105 cm³/mol. The Labute approximate surface area is 158 Å². The fourth-order valence-electron chi connectivity index (χ4n) is 3.67. The van der Waals surface area contributed by atoms with Crippen molar-refractivity contribution in [2.75, 3.05) is 32.8 Å². The molecule has 0 radical (unpaired) electrons. The number of amides is 1. The second kappa shape index (κ2) is 8.37. The van der Waals surface area contributed by atoms with Crippen molar-refractivity contribution in [3.8, 4) is 0 Å². The van der Waals surface area contributed by atoms with Crippen LogP contribution in [0, 0.1) is 0 Å². The number of nitrogens with zero attached hydrogens (tertiary/aromatic N) is 1. The number of hydrogen-bond acceptors (Lipinski definition) is 4. The molecule has 4 rings (SSSR count). The second-order valence-electron chi connectivity index (χ2n) is 6.80. The zero-order chi connectivity index (χ0) is 18.5. The highest BCUT2D eigenvalue weighted by Gasteiger charge is 2.25. The van der Waals surface area contributed by atoms with Crippen molar-refractivity contribution < 1.29 is 13.9 Å². The van der Waals surface area contributed by atoms with E-state index in [1.165, 1.54) is 0 Å². The molecule has 140 valence electrons. The van der Waals surface area contributed by atoms with Crippen LogP contribution in [-0.2, 0) is 16.0 Å². The molecule has 0 saturated carbocycles. The molecule has 0 bridgehead atoms. The first-order valence-electron chi connectivity index (χ1n) is 9.40. The van der Waals surface area contributed by atoms with Crippen molar-refractivity contribution in [2.45, 2.75) is 12.5 Å². The Balaban J connectivity index is 1.43. The van der Waals surface area contributed by atoms with E-state index in [9.17, 15) is 4.79 Å². The average Bonchev–Trinajstić information content (AvgIpc) is 3.24. The van der Waals surface area contributed by atoms with Crippen molar-refractivity contribution >= 4 is 16.7 Å². The summed E-state index contributed by atoms with van der Waals surface area (Å²) in [4.78, 5) is 14.9. The third kappa shape index (κ3) is 4.21. The first-order valence-corrected chi connectivity index (χ1v) is 9.40. The first kappa shape index (κ1) is 17.8. The van der Waals surface area contributed by atoms with Gasteiger partial charge in [-0.2, -0.15) is 0 Å². The fourth-order valence-corrected chi connectivity index (χ4v) is 3.67. The average molecular weight is 364 g/mol. The van der Waals surface area contributed by atoms with Crippen molar-refractivity contribution in [3.63, 3.8) is 0 Å². The molecule has 0 spiro atoms. The standard InChI is InChI=1S/C22H24N2O3/c25-22(15-18-7-3-6-17-5-1-2-8-19(17)18)23-16-20(21-9-4-12-27-21)24-10-13-26-14-11-24/h1-9,12,20H,10-11,13-16H2,(H,23,25). The van der Waals surface area contributed by atoms with Gasteiger partial charge in [-0.15, -0.1) is 0 Å². The van der Waals surface area contributed by atoms with Gasteiger partial charge in [0.1, 0.15) is 5.76 Å². The molecule has 1 atom stereocenters. The summed E-state index contributed by atoms with van der Waals surface area (Å²) in [5.74, 6) is 0.901. The van der Waals surface area contributed by atoms with Gasteiger partial charge in [0, 0.05) is 19.6 Å². The van der Waals surface area contributed by atoms with E-state index >= 15 is 0 Å². The van der Waals surface area contributed by atoms with Crippen molar-refractivity contribution in [1.29, 1.82) is 0 Å². The number of fused-ring (bicyclic) bond motifs is 1. The Kier molecular flexibility index (Phi) is 5.51. The summed E-state index contributed by atoms with van der Waals surface area (Å²) in [5.41, 5.74) is 1.05. The topological polar surface area (TPSA) is 54.7 Å². The van der Waals surface area contributed by atoms with Crippen LogP contribution in [0.15, 0.2) is 65.3 Å². The normalized spacial score (nSPS) is 16.3. The van der Waals surface area contributed by atoms with Crippen LogP contribution in [-0.4, -0.2) is 43.7 Å². The van der Waals surface area contributed by atoms with Gasteiger partial charge in [-0.05, 0) is 28.5 Å². The van der Waals surface area contributed by atoms with E-state index in [1.54, 1.807) is 6.26 Å². The zero-order valence-electron chi connectivity index (χ0n) is 15.3. The number of nitrogens with one attached hydrogen (secondary N) is 1. The largest absolute Gasteiger partial charge is 0.468 e. The summed E-state index contributed by atoms with van der Waals surface area (Å²) in [6.07, 6.45) is 2.05. The van der Waals surface area contributed by atoms with E-state index in [4.69, 9.17) is 9.15 Å². The summed E-state index contributed by atoms with van der Waals surface area (Å²) in [6, 6.07) is 18.1. The summed E-state index contributed by atoms with van der Waals surface area (Å²) < 4.78 is 11.1. The zero-order valence-corrected chi connectivity index (χ0v) is 15.3. The number of hydrogen-bond donors (Lipinski definition) is 1. The van der Waals surface area contributed by atoms with Crippen molar-refractivity contribution in [1.82, 2.24) is 10.2 Å². The molecule has 1 unspecified atom stereocenters. The molecule has 2 aromatic carbocycles. The second-order valence-corrected chi connectivity index (χ2v) is 6.80. The lowest BCUT2D eigenvalue weighted by atomic mass is 10.0. The SMILES string of the molecule is O=C(Cc1cccc2ccccc12)NCC(c1ccco1)N1CCOCC1. The molecular weight excluding hydrogens is 340 g/mol. The Morgan fingerprint density at radius 3 is 2.67 bits per heavy atom. The van der Waals surface area contributed by atoms with Gasteiger partial charge in [0.05, 0.1) is 31.9 Å². The monoisotopic (exact) mass is 364 g/mol. The van der Waals surface area contributed by atoms with E-state index in [2.05, 4.69) is 28.4 Å². The molecule has 0 aliphatic carbocycles. The van der Waals surface area contributed by atoms with E-state index < -0.39 is 0 Å². The van der Waals surface area contributed by atoms with Crippen LogP contribution in [0.5, 0.6) is 0 Å². The number of morpholine rings is 1. The van der Waals surface area contributed by atoms with Gasteiger partial charge in [-0.1, -0.05) is 42.5 Å². The highest BCUT2D eigenvalue weighted by molar-refractivity contribution is 5.90. The third-order valence-electron chi connectivity index (χ3n) is 5.08. The molecule has 1 N–H and O–H groups in total. The van der Waals surface area contributed by atoms with Crippen LogP contribution in [0.25, 0.3) is 10.8 Å². The number of carbonyl (C=O) groups excluding carboxylic acids is 1. The highest BCUT2D eigenvalue weighted by Crippen LogP contribution is 2.22. The summed E-state index contributed by atoms with van der Waals surface area (Å²) >= 11 is 0. The maximum absolute atomic E-state index is 12.6. The number of rotatable bonds is 6. The van der Waals surface area contributed by atoms with Gasteiger partial charge in [0.15, 0.2) is 0 Å². The minimum absolute atomic E-state index is 0.0242. The van der Waals surface area contributed by atoms with Crippen LogP contribution in [0.4, 0.5) is 0 Å². The Morgan fingerprint density at radius 2 is 1.85 bits per heavy atom. The van der Waals surface area contributed by atoms with Gasteiger partial charge in [0.2, 0.25) is 5.91 Å². The lowest BCUT2D eigenvalue weighted by molar-refractivity contribution is -0.120. The van der Waals surface area contributed by atoms with E-state index in [0.29, 0.717) is 26.2 Å². The van der Waals surface area contributed by atoms with Crippen LogP contribution >= 0.6 is 0 Å². The van der Waals surface area contributed by atoms with Crippen LogP contribution in [0.1, 0.15) is 17.4 Å². The van der Waals surface area contributed by atoms with Crippen LogP contribution < -0.4 is 5.32 Å². The number of benzene rings is 2. The molecule has 1 amide bonds. The molecular formula is C22H24N2O3. The Morgan fingerprint density at radius 1 is 1.04 bits per heavy atom. The van der Waals surface area contributed by atoms with E-state index in [1.807, 2.05) is 36.4 Å². The highest BCUT2D eigenvalue weighted by atomic mass is 16.5. The van der Waals surface area contributed by atoms with Crippen LogP contribution in [0.3, 0.4) is 0 Å². The summed E-state index contributed by atoms with van der Waals surface area (Å²) in [6.45, 7) is 3.62. The maximum atomic E-state index is 12.6. The van der Waals surface area contributed by atoms with Gasteiger partial charge < -0.3 is 14.5 Å². The molecule has 1 aromatic heterocycles. The minimum Gasteiger partial charge on any atom is -0.468 e. The summed E-state index contributed by atoms with van der Waals surface area (Å²) in [5, 5.41) is 5.39. The maximum Gasteiger partial charge on any atom is 0.224 e. The van der Waals surface area contributed by atoms with Crippen molar-refractivity contribution in [2.24, 2.45) is 0 Å². The lowest BCUT2D eigenvalue weighted by Crippen LogP contribution is -2.43. The number of ether oxygens (including phenoxy) is 1. The van der Waals surface area contributed by atoms with Gasteiger partial charge in [-0.25, -0.2) is 0 Å². The molecule has 1 aliphatic rings. The number of furan rings is 1. The fraction of sp³-hybridized carbons (Fsp3) is 0.318.